The molecule has 0 spiro atoms. The minimum Gasteiger partial charge on any atom is -0.338 e. The molecule has 5 nitrogen and oxygen atoms in total. The van der Waals surface area contributed by atoms with Gasteiger partial charge in [0.2, 0.25) is 5.95 Å². The number of aromatic nitrogens is 2. The van der Waals surface area contributed by atoms with Crippen molar-refractivity contribution in [2.45, 2.75) is 57.2 Å². The van der Waals surface area contributed by atoms with Crippen LogP contribution in [0.5, 0.6) is 0 Å². The van der Waals surface area contributed by atoms with Crippen molar-refractivity contribution in [3.63, 3.8) is 0 Å². The van der Waals surface area contributed by atoms with Gasteiger partial charge in [-0.15, -0.1) is 0 Å². The van der Waals surface area contributed by atoms with Gasteiger partial charge in [0.15, 0.2) is 0 Å². The van der Waals surface area contributed by atoms with Crippen molar-refractivity contribution in [2.75, 3.05) is 11.4 Å². The molecule has 1 aromatic heterocycles. The van der Waals surface area contributed by atoms with E-state index in [1.165, 1.54) is 12.8 Å². The number of nitriles is 1. The molecule has 1 N–H and O–H groups in total. The summed E-state index contributed by atoms with van der Waals surface area (Å²) in [4.78, 5) is 11.1. The van der Waals surface area contributed by atoms with E-state index in [2.05, 4.69) is 33.2 Å². The first-order chi connectivity index (χ1) is 9.80. The third kappa shape index (κ3) is 2.61. The van der Waals surface area contributed by atoms with Crippen molar-refractivity contribution in [3.8, 4) is 6.07 Å². The van der Waals surface area contributed by atoms with Crippen LogP contribution < -0.4 is 10.2 Å². The van der Waals surface area contributed by atoms with E-state index in [1.54, 1.807) is 12.3 Å². The Morgan fingerprint density at radius 3 is 2.80 bits per heavy atom. The molecule has 2 aliphatic rings. The Hall–Kier alpha value is -1.67. The van der Waals surface area contributed by atoms with Crippen molar-refractivity contribution in [3.05, 3.63) is 18.0 Å². The van der Waals surface area contributed by atoms with E-state index in [4.69, 9.17) is 5.26 Å². The van der Waals surface area contributed by atoms with Crippen molar-refractivity contribution < 1.29 is 0 Å². The largest absolute Gasteiger partial charge is 0.338 e. The monoisotopic (exact) mass is 271 g/mol. The first-order valence-electron chi connectivity index (χ1n) is 7.56. The second-order valence-corrected chi connectivity index (χ2v) is 5.81. The lowest BCUT2D eigenvalue weighted by Gasteiger charge is -2.37. The molecule has 2 bridgehead atoms. The van der Waals surface area contributed by atoms with Crippen LogP contribution in [0.15, 0.2) is 12.3 Å². The Balaban J connectivity index is 1.83. The minimum absolute atomic E-state index is 0.452. The smallest absolute Gasteiger partial charge is 0.226 e. The average Bonchev–Trinajstić information content (AvgIpc) is 2.83. The van der Waals surface area contributed by atoms with Gasteiger partial charge in [0.1, 0.15) is 11.8 Å². The molecule has 5 heteroatoms. The number of anilines is 1. The summed E-state index contributed by atoms with van der Waals surface area (Å²) in [6, 6.07) is 5.58. The predicted octanol–water partition coefficient (Wildman–Crippen LogP) is 1.85. The highest BCUT2D eigenvalue weighted by atomic mass is 15.3. The number of nitrogens with one attached hydrogen (secondary N) is 1. The van der Waals surface area contributed by atoms with E-state index in [0.29, 0.717) is 23.8 Å². The molecular weight excluding hydrogens is 250 g/mol. The van der Waals surface area contributed by atoms with E-state index in [0.717, 1.165) is 31.8 Å². The van der Waals surface area contributed by atoms with Crippen molar-refractivity contribution in [1.29, 1.82) is 5.26 Å². The lowest BCUT2D eigenvalue weighted by atomic mass is 9.98. The van der Waals surface area contributed by atoms with Gasteiger partial charge >= 0.3 is 0 Å². The summed E-state index contributed by atoms with van der Waals surface area (Å²) < 4.78 is 0. The van der Waals surface area contributed by atoms with Gasteiger partial charge in [0.05, 0.1) is 0 Å². The van der Waals surface area contributed by atoms with Crippen LogP contribution >= 0.6 is 0 Å². The Labute approximate surface area is 120 Å². The van der Waals surface area contributed by atoms with Gasteiger partial charge in [-0.3, -0.25) is 0 Å². The van der Waals surface area contributed by atoms with Crippen LogP contribution in [-0.2, 0) is 0 Å². The standard InChI is InChI=1S/C15H21N5/c1-2-7-20(15-17-6-5-13(10-16)19-15)14-8-11-3-4-12(9-14)18-11/h5-6,11-12,14,18H,2-4,7-9H2,1H3. The number of nitrogens with zero attached hydrogens (tertiary/aromatic N) is 4. The SMILES string of the molecule is CCCN(c1nccc(C#N)n1)C1CC2CCC(C1)N2. The highest BCUT2D eigenvalue weighted by Gasteiger charge is 2.36. The topological polar surface area (TPSA) is 64.8 Å². The molecule has 0 saturated carbocycles. The van der Waals surface area contributed by atoms with Crippen LogP contribution in [0.25, 0.3) is 0 Å². The van der Waals surface area contributed by atoms with Crippen LogP contribution in [0.1, 0.15) is 44.7 Å². The summed E-state index contributed by atoms with van der Waals surface area (Å²) in [5.41, 5.74) is 0.452. The van der Waals surface area contributed by atoms with Gasteiger partial charge in [-0.2, -0.15) is 5.26 Å². The molecule has 0 radical (unpaired) electrons. The minimum atomic E-state index is 0.452. The van der Waals surface area contributed by atoms with Crippen LogP contribution in [0.2, 0.25) is 0 Å². The molecule has 2 fully saturated rings. The van der Waals surface area contributed by atoms with Crippen LogP contribution in [0.4, 0.5) is 5.95 Å². The highest BCUT2D eigenvalue weighted by molar-refractivity contribution is 5.35. The van der Waals surface area contributed by atoms with Gasteiger partial charge in [-0.1, -0.05) is 6.92 Å². The maximum Gasteiger partial charge on any atom is 0.226 e. The highest BCUT2D eigenvalue weighted by Crippen LogP contribution is 2.31. The fraction of sp³-hybridized carbons (Fsp3) is 0.667. The molecule has 3 heterocycles. The number of piperidine rings is 1. The first-order valence-corrected chi connectivity index (χ1v) is 7.56. The van der Waals surface area contributed by atoms with Crippen LogP contribution in [0, 0.1) is 11.3 Å². The molecule has 0 amide bonds. The summed E-state index contributed by atoms with van der Waals surface area (Å²) in [6.07, 6.45) is 7.67. The Bertz CT molecular complexity index is 497. The Morgan fingerprint density at radius 2 is 2.15 bits per heavy atom. The molecule has 0 aliphatic carbocycles. The molecule has 106 valence electrons. The molecule has 0 aromatic carbocycles. The van der Waals surface area contributed by atoms with Crippen LogP contribution in [0.3, 0.4) is 0 Å². The van der Waals surface area contributed by atoms with Crippen molar-refractivity contribution in [2.24, 2.45) is 0 Å². The summed E-state index contributed by atoms with van der Waals surface area (Å²) in [5.74, 6) is 0.720. The average molecular weight is 271 g/mol. The summed E-state index contributed by atoms with van der Waals surface area (Å²) in [6.45, 7) is 3.13. The lowest BCUT2D eigenvalue weighted by molar-refractivity contribution is 0.344. The molecular formula is C15H21N5. The van der Waals surface area contributed by atoms with Gasteiger partial charge in [-0.25, -0.2) is 9.97 Å². The maximum atomic E-state index is 9.01. The lowest BCUT2D eigenvalue weighted by Crippen LogP contribution is -2.49. The number of hydrogen-bond donors (Lipinski definition) is 1. The van der Waals surface area contributed by atoms with E-state index in [9.17, 15) is 0 Å². The Kier molecular flexibility index (Phi) is 3.83. The zero-order valence-electron chi connectivity index (χ0n) is 11.9. The van der Waals surface area contributed by atoms with Gasteiger partial charge < -0.3 is 10.2 Å². The fourth-order valence-corrected chi connectivity index (χ4v) is 3.52. The number of hydrogen-bond acceptors (Lipinski definition) is 5. The molecule has 1 aromatic rings. The summed E-state index contributed by atoms with van der Waals surface area (Å²) in [5, 5.41) is 12.7. The van der Waals surface area contributed by atoms with Crippen LogP contribution in [-0.4, -0.2) is 34.6 Å². The van der Waals surface area contributed by atoms with Gasteiger partial charge in [-0.05, 0) is 38.2 Å². The second kappa shape index (κ2) is 5.76. The first kappa shape index (κ1) is 13.3. The zero-order valence-corrected chi connectivity index (χ0v) is 11.9. The quantitative estimate of drug-likeness (QED) is 0.905. The van der Waals surface area contributed by atoms with E-state index in [-0.39, 0.29) is 0 Å². The predicted molar refractivity (Wildman–Crippen MR) is 77.4 cm³/mol. The number of rotatable bonds is 4. The Morgan fingerprint density at radius 1 is 1.40 bits per heavy atom. The van der Waals surface area contributed by atoms with Crippen molar-refractivity contribution >= 4 is 5.95 Å². The molecule has 2 saturated heterocycles. The van der Waals surface area contributed by atoms with Gasteiger partial charge in [0.25, 0.3) is 0 Å². The molecule has 2 atom stereocenters. The van der Waals surface area contributed by atoms with Crippen molar-refractivity contribution in [1.82, 2.24) is 15.3 Å². The molecule has 2 aliphatic heterocycles. The third-order valence-corrected chi connectivity index (χ3v) is 4.37. The molecule has 2 unspecified atom stereocenters. The van der Waals surface area contributed by atoms with E-state index in [1.807, 2.05) is 0 Å². The van der Waals surface area contributed by atoms with E-state index < -0.39 is 0 Å². The zero-order chi connectivity index (χ0) is 13.9. The normalized spacial score (nSPS) is 28.1. The fourth-order valence-electron chi connectivity index (χ4n) is 3.52. The maximum absolute atomic E-state index is 9.01. The van der Waals surface area contributed by atoms with E-state index >= 15 is 0 Å². The molecule has 20 heavy (non-hydrogen) atoms. The summed E-state index contributed by atoms with van der Waals surface area (Å²) in [7, 11) is 0. The van der Waals surface area contributed by atoms with Gasteiger partial charge in [0, 0.05) is 30.9 Å². The summed E-state index contributed by atoms with van der Waals surface area (Å²) >= 11 is 0. The molecule has 3 rings (SSSR count). The second-order valence-electron chi connectivity index (χ2n) is 5.81. The third-order valence-electron chi connectivity index (χ3n) is 4.37. The number of fused-ring (bicyclic) bond motifs is 2.